The van der Waals surface area contributed by atoms with Crippen molar-refractivity contribution in [3.8, 4) is 0 Å². The Morgan fingerprint density at radius 2 is 2.00 bits per heavy atom. The average Bonchev–Trinajstić information content (AvgIpc) is 2.26. The Labute approximate surface area is 91.8 Å². The Balaban J connectivity index is 2.80. The van der Waals surface area contributed by atoms with Crippen LogP contribution in [-0.4, -0.2) is 5.94 Å². The normalized spacial score (nSPS) is 10.1. The molecule has 1 heteroatoms. The fraction of sp³-hybridized carbons (Fsp3) is 0.429. The fourth-order valence-electron chi connectivity index (χ4n) is 1.70. The van der Waals surface area contributed by atoms with Gasteiger partial charge in [-0.25, -0.2) is 4.79 Å². The first kappa shape index (κ1) is 11.7. The zero-order valence-corrected chi connectivity index (χ0v) is 9.71. The Kier molecular flexibility index (Phi) is 4.33. The molecular weight excluding hydrogens is 184 g/mol. The maximum atomic E-state index is 10.4. The van der Waals surface area contributed by atoms with Crippen molar-refractivity contribution in [2.24, 2.45) is 0 Å². The summed E-state index contributed by atoms with van der Waals surface area (Å²) >= 11 is 0. The average molecular weight is 202 g/mol. The molecule has 1 nitrogen and oxygen atoms in total. The molecule has 0 radical (unpaired) electrons. The van der Waals surface area contributed by atoms with E-state index < -0.39 is 0 Å². The van der Waals surface area contributed by atoms with Gasteiger partial charge in [0, 0.05) is 5.57 Å². The van der Waals surface area contributed by atoms with Gasteiger partial charge in [0.25, 0.3) is 0 Å². The summed E-state index contributed by atoms with van der Waals surface area (Å²) in [7, 11) is 0. The Hall–Kier alpha value is -1.33. The van der Waals surface area contributed by atoms with Crippen LogP contribution in [0.4, 0.5) is 0 Å². The summed E-state index contributed by atoms with van der Waals surface area (Å²) in [5.41, 5.74) is 3.53. The summed E-state index contributed by atoms with van der Waals surface area (Å²) in [6.45, 7) is 6.23. The van der Waals surface area contributed by atoms with Gasteiger partial charge >= 0.3 is 0 Å². The standard InChI is InChI=1S/C14H18O/c1-11(2)14-7-5-4-6-13(14)9-8-12(3)10-15/h4-7,11H,8-9H2,1-3H3. The van der Waals surface area contributed by atoms with Crippen molar-refractivity contribution >= 4 is 5.94 Å². The molecular formula is C14H18O. The van der Waals surface area contributed by atoms with Crippen LogP contribution >= 0.6 is 0 Å². The van der Waals surface area contributed by atoms with Crippen molar-refractivity contribution in [3.05, 3.63) is 41.0 Å². The summed E-state index contributed by atoms with van der Waals surface area (Å²) < 4.78 is 0. The molecule has 0 aliphatic heterocycles. The first-order valence-electron chi connectivity index (χ1n) is 5.43. The summed E-state index contributed by atoms with van der Waals surface area (Å²) in [6.07, 6.45) is 1.75. The number of carbonyl (C=O) groups excluding carboxylic acids is 1. The summed E-state index contributed by atoms with van der Waals surface area (Å²) in [5.74, 6) is 2.49. The van der Waals surface area contributed by atoms with Gasteiger partial charge in [-0.2, -0.15) is 0 Å². The van der Waals surface area contributed by atoms with Crippen molar-refractivity contribution in [3.63, 3.8) is 0 Å². The van der Waals surface area contributed by atoms with Gasteiger partial charge in [-0.1, -0.05) is 38.1 Å². The minimum Gasteiger partial charge on any atom is -0.234 e. The number of hydrogen-bond donors (Lipinski definition) is 0. The van der Waals surface area contributed by atoms with Crippen molar-refractivity contribution in [1.82, 2.24) is 0 Å². The quantitative estimate of drug-likeness (QED) is 0.683. The SMILES string of the molecule is CC(=C=O)CCc1ccccc1C(C)C. The molecule has 0 spiro atoms. The maximum absolute atomic E-state index is 10.4. The van der Waals surface area contributed by atoms with E-state index in [1.165, 1.54) is 11.1 Å². The predicted octanol–water partition coefficient (Wildman–Crippen LogP) is 3.52. The van der Waals surface area contributed by atoms with Gasteiger partial charge in [-0.15, -0.1) is 0 Å². The molecule has 15 heavy (non-hydrogen) atoms. The third kappa shape index (κ3) is 3.38. The highest BCUT2D eigenvalue weighted by atomic mass is 16.1. The molecule has 0 bridgehead atoms. The molecule has 0 aliphatic carbocycles. The summed E-state index contributed by atoms with van der Waals surface area (Å²) in [6, 6.07) is 8.44. The fourth-order valence-corrected chi connectivity index (χ4v) is 1.70. The van der Waals surface area contributed by atoms with Gasteiger partial charge in [0.15, 0.2) is 0 Å². The molecule has 0 amide bonds. The molecule has 0 fully saturated rings. The molecule has 0 aromatic heterocycles. The maximum Gasteiger partial charge on any atom is 0.123 e. The van der Waals surface area contributed by atoms with Crippen LogP contribution in [0.5, 0.6) is 0 Å². The molecule has 0 N–H and O–H groups in total. The second kappa shape index (κ2) is 5.53. The topological polar surface area (TPSA) is 17.1 Å². The molecule has 1 rings (SSSR count). The first-order valence-corrected chi connectivity index (χ1v) is 5.43. The Morgan fingerprint density at radius 3 is 2.60 bits per heavy atom. The number of allylic oxidation sites excluding steroid dienone is 1. The third-order valence-electron chi connectivity index (χ3n) is 2.62. The molecule has 1 aromatic carbocycles. The molecule has 0 heterocycles. The van der Waals surface area contributed by atoms with E-state index in [2.05, 4.69) is 38.1 Å². The molecule has 0 saturated heterocycles. The Morgan fingerprint density at radius 1 is 1.33 bits per heavy atom. The monoisotopic (exact) mass is 202 g/mol. The lowest BCUT2D eigenvalue weighted by molar-refractivity contribution is 0.566. The van der Waals surface area contributed by atoms with Crippen LogP contribution < -0.4 is 0 Å². The highest BCUT2D eigenvalue weighted by molar-refractivity contribution is 5.51. The van der Waals surface area contributed by atoms with Gasteiger partial charge in [0.05, 0.1) is 0 Å². The molecule has 0 saturated carbocycles. The van der Waals surface area contributed by atoms with E-state index >= 15 is 0 Å². The van der Waals surface area contributed by atoms with Gasteiger partial charge in [0.2, 0.25) is 0 Å². The van der Waals surface area contributed by atoms with Gasteiger partial charge in [-0.05, 0) is 36.8 Å². The molecule has 80 valence electrons. The minimum absolute atomic E-state index is 0.543. The number of benzene rings is 1. The van der Waals surface area contributed by atoms with Crippen LogP contribution in [0.25, 0.3) is 0 Å². The van der Waals surface area contributed by atoms with Crippen molar-refractivity contribution in [2.75, 3.05) is 0 Å². The summed E-state index contributed by atoms with van der Waals surface area (Å²) in [4.78, 5) is 10.4. The predicted molar refractivity (Wildman–Crippen MR) is 63.7 cm³/mol. The van der Waals surface area contributed by atoms with E-state index in [0.29, 0.717) is 5.92 Å². The van der Waals surface area contributed by atoms with Crippen LogP contribution in [0.2, 0.25) is 0 Å². The van der Waals surface area contributed by atoms with E-state index in [9.17, 15) is 4.79 Å². The van der Waals surface area contributed by atoms with Gasteiger partial charge < -0.3 is 0 Å². The van der Waals surface area contributed by atoms with Crippen molar-refractivity contribution in [2.45, 2.75) is 39.5 Å². The molecule has 0 unspecified atom stereocenters. The van der Waals surface area contributed by atoms with E-state index in [1.807, 2.05) is 12.9 Å². The Bertz CT molecular complexity index is 371. The van der Waals surface area contributed by atoms with E-state index in [4.69, 9.17) is 0 Å². The van der Waals surface area contributed by atoms with E-state index in [-0.39, 0.29) is 0 Å². The molecule has 1 aromatic rings. The van der Waals surface area contributed by atoms with Crippen LogP contribution in [0.1, 0.15) is 44.2 Å². The minimum atomic E-state index is 0.543. The smallest absolute Gasteiger partial charge is 0.123 e. The molecule has 0 atom stereocenters. The largest absolute Gasteiger partial charge is 0.234 e. The van der Waals surface area contributed by atoms with Crippen LogP contribution in [0, 0.1) is 0 Å². The zero-order valence-electron chi connectivity index (χ0n) is 9.71. The second-order valence-electron chi connectivity index (χ2n) is 4.24. The first-order chi connectivity index (χ1) is 7.15. The highest BCUT2D eigenvalue weighted by Crippen LogP contribution is 2.21. The number of aryl methyl sites for hydroxylation is 1. The van der Waals surface area contributed by atoms with E-state index in [0.717, 1.165) is 18.4 Å². The number of rotatable bonds is 4. The molecule has 0 aliphatic rings. The van der Waals surface area contributed by atoms with Crippen molar-refractivity contribution in [1.29, 1.82) is 0 Å². The summed E-state index contributed by atoms with van der Waals surface area (Å²) in [5, 5.41) is 0. The van der Waals surface area contributed by atoms with Crippen molar-refractivity contribution < 1.29 is 4.79 Å². The third-order valence-corrected chi connectivity index (χ3v) is 2.62. The van der Waals surface area contributed by atoms with Gasteiger partial charge in [-0.3, -0.25) is 0 Å². The van der Waals surface area contributed by atoms with E-state index in [1.54, 1.807) is 0 Å². The zero-order chi connectivity index (χ0) is 11.3. The second-order valence-corrected chi connectivity index (χ2v) is 4.24. The lowest BCUT2D eigenvalue weighted by atomic mass is 9.94. The highest BCUT2D eigenvalue weighted by Gasteiger charge is 2.05. The lowest BCUT2D eigenvalue weighted by Crippen LogP contribution is -1.96. The van der Waals surface area contributed by atoms with Crippen LogP contribution in [0.15, 0.2) is 29.8 Å². The van der Waals surface area contributed by atoms with Crippen LogP contribution in [0.3, 0.4) is 0 Å². The van der Waals surface area contributed by atoms with Crippen LogP contribution in [-0.2, 0) is 11.2 Å². The number of hydrogen-bond acceptors (Lipinski definition) is 1. The van der Waals surface area contributed by atoms with Gasteiger partial charge in [0.1, 0.15) is 5.94 Å². The lowest BCUT2D eigenvalue weighted by Gasteiger charge is -2.11.